The van der Waals surface area contributed by atoms with Crippen molar-refractivity contribution < 1.29 is 82.8 Å². The highest BCUT2D eigenvalue weighted by Crippen LogP contribution is 2.72. The molecular formula is C68H76N10O17S. The third-order valence-corrected chi connectivity index (χ3v) is 20.2. The van der Waals surface area contributed by atoms with Crippen LogP contribution in [0, 0.1) is 23.2 Å². The van der Waals surface area contributed by atoms with Gasteiger partial charge in [0.05, 0.1) is 34.3 Å². The number of thiazole rings is 1. The van der Waals surface area contributed by atoms with Crippen LogP contribution in [0.1, 0.15) is 115 Å². The van der Waals surface area contributed by atoms with Crippen molar-refractivity contribution in [2.75, 3.05) is 55.4 Å². The molecular weight excluding hydrogens is 1260 g/mol. The fourth-order valence-corrected chi connectivity index (χ4v) is 16.8. The van der Waals surface area contributed by atoms with Gasteiger partial charge in [-0.25, -0.2) is 24.4 Å². The number of aliphatic carboxylic acids is 1. The van der Waals surface area contributed by atoms with Gasteiger partial charge < -0.3 is 64.9 Å². The Labute approximate surface area is 555 Å². The van der Waals surface area contributed by atoms with Crippen LogP contribution in [-0.4, -0.2) is 179 Å². The molecule has 7 aliphatic rings. The first kappa shape index (κ1) is 66.8. The molecule has 1 saturated heterocycles. The number of ether oxygens (including phenoxy) is 4. The van der Waals surface area contributed by atoms with Gasteiger partial charge in [0.1, 0.15) is 36.5 Å². The van der Waals surface area contributed by atoms with Gasteiger partial charge in [-0.3, -0.25) is 38.9 Å². The summed E-state index contributed by atoms with van der Waals surface area (Å²) in [5.41, 5.74) is 4.50. The number of carboxylic acid groups (broad SMARTS) is 2. The molecule has 13 rings (SSSR count). The topological polar surface area (TPSA) is 364 Å². The summed E-state index contributed by atoms with van der Waals surface area (Å²) in [6.45, 7) is 8.11. The Hall–Kier alpha value is -9.19. The lowest BCUT2D eigenvalue weighted by Gasteiger charge is -2.69. The maximum Gasteiger partial charge on any atom is 0.409 e. The zero-order chi connectivity index (χ0) is 68.0. The zero-order valence-corrected chi connectivity index (χ0v) is 54.3. The van der Waals surface area contributed by atoms with Crippen LogP contribution in [0.25, 0.3) is 21.3 Å². The Balaban J connectivity index is 0.671. The summed E-state index contributed by atoms with van der Waals surface area (Å²) in [6.07, 6.45) is -0.510. The van der Waals surface area contributed by atoms with E-state index >= 15 is 0 Å². The van der Waals surface area contributed by atoms with Gasteiger partial charge in [0.25, 0.3) is 17.7 Å². The third kappa shape index (κ3) is 14.1. The number of aromatic carboxylic acids is 1. The van der Waals surface area contributed by atoms with Crippen LogP contribution in [0.5, 0.6) is 5.75 Å². The highest BCUT2D eigenvalue weighted by atomic mass is 32.1. The summed E-state index contributed by atoms with van der Waals surface area (Å²) >= 11 is 1.40. The minimum atomic E-state index is -1.99. The van der Waals surface area contributed by atoms with Crippen molar-refractivity contribution in [3.63, 3.8) is 0 Å². The number of carbonyl (C=O) groups excluding carboxylic acids is 6. The van der Waals surface area contributed by atoms with Crippen LogP contribution < -0.4 is 25.6 Å². The Morgan fingerprint density at radius 2 is 1.58 bits per heavy atom. The first-order chi connectivity index (χ1) is 45.8. The highest BCUT2D eigenvalue weighted by Gasteiger charge is 2.66. The first-order valence-electron chi connectivity index (χ1n) is 31.9. The quantitative estimate of drug-likeness (QED) is 0.0313. The number of benzene rings is 3. The predicted molar refractivity (Wildman–Crippen MR) is 347 cm³/mol. The van der Waals surface area contributed by atoms with Gasteiger partial charge in [0.2, 0.25) is 18.1 Å². The Bertz CT molecular complexity index is 4050. The number of aliphatic hydroxyl groups is 3. The number of hydrogen-bond acceptors (Lipinski definition) is 20. The molecule has 28 heteroatoms. The van der Waals surface area contributed by atoms with E-state index in [9.17, 15) is 63.9 Å². The molecule has 27 nitrogen and oxygen atoms in total. The number of aliphatic hydroxyl groups excluding tert-OH is 3. The maximum absolute atomic E-state index is 13.8. The monoisotopic (exact) mass is 1340 g/mol. The van der Waals surface area contributed by atoms with Gasteiger partial charge in [-0.05, 0) is 134 Å². The molecule has 0 spiro atoms. The summed E-state index contributed by atoms with van der Waals surface area (Å²) in [5, 5.41) is 65.5. The van der Waals surface area contributed by atoms with E-state index in [0.29, 0.717) is 59.3 Å². The van der Waals surface area contributed by atoms with Crippen molar-refractivity contribution in [1.82, 2.24) is 34.9 Å². The minimum absolute atomic E-state index is 0.0332. The van der Waals surface area contributed by atoms with Crippen molar-refractivity contribution in [1.29, 1.82) is 0 Å². The molecule has 96 heavy (non-hydrogen) atoms. The van der Waals surface area contributed by atoms with Gasteiger partial charge in [-0.1, -0.05) is 55.5 Å². The van der Waals surface area contributed by atoms with E-state index in [2.05, 4.69) is 34.8 Å². The van der Waals surface area contributed by atoms with Crippen molar-refractivity contribution >= 4 is 85.8 Å². The van der Waals surface area contributed by atoms with E-state index in [1.165, 1.54) is 34.4 Å². The van der Waals surface area contributed by atoms with Gasteiger partial charge in [0.15, 0.2) is 16.9 Å². The summed E-state index contributed by atoms with van der Waals surface area (Å²) in [7, 11) is 1.59. The second kappa shape index (κ2) is 26.8. The molecule has 5 fully saturated rings. The van der Waals surface area contributed by atoms with Crippen molar-refractivity contribution in [3.05, 3.63) is 125 Å². The minimum Gasteiger partial charge on any atom is -0.479 e. The standard InChI is InChI=1S/C68H76N10O17S/c1-38-43(41-15-17-49(73-54(41)60(87)88)76-24-21-40-9-7-10-42(44(40)29-76)59(86)74-63-72-45-11-5-6-12-48(45)96-63)28-70-78(38)37-67-32-65(2)31-66(3,33-67)35-68(34-65,36-67)93-26-25-75(4)64(91)92-30-39-14-16-47(94-62-57(85)55(83)56(84)58(95-62)61(89)90)46(27-39)71-51(80)20-22-69-50(79)13-8-23-77-52(81)18-19-53(77)82/h5-7,9-12,14-19,27-28,55-58,62,83-85H,8,13,20-26,29-37H2,1-4H3,(H,69,79)(H,71,80)(H,87,88)(H,89,90)(H,72,74,86)/t55-,56+,57-,58-,62+,65?,66?,67?,68?/m0/s1. The number of imide groups is 1. The van der Waals surface area contributed by atoms with Crippen LogP contribution in [0.2, 0.25) is 0 Å². The molecule has 4 saturated carbocycles. The molecule has 6 amide bonds. The fourth-order valence-electron chi connectivity index (χ4n) is 16.0. The molecule has 3 aromatic carbocycles. The van der Waals surface area contributed by atoms with E-state index in [0.717, 1.165) is 82.6 Å². The third-order valence-electron chi connectivity index (χ3n) is 19.2. The summed E-state index contributed by atoms with van der Waals surface area (Å²) < 4.78 is 26.8. The molecule has 6 heterocycles. The smallest absolute Gasteiger partial charge is 0.409 e. The van der Waals surface area contributed by atoms with Gasteiger partial charge in [-0.2, -0.15) is 5.10 Å². The van der Waals surface area contributed by atoms with Crippen molar-refractivity contribution in [2.45, 2.75) is 141 Å². The Morgan fingerprint density at radius 1 is 0.823 bits per heavy atom. The number of carboxylic acids is 2. The lowest BCUT2D eigenvalue weighted by Crippen LogP contribution is -2.64. The number of aromatic nitrogens is 4. The molecule has 2 unspecified atom stereocenters. The van der Waals surface area contributed by atoms with Crippen molar-refractivity contribution in [2.24, 2.45) is 16.2 Å². The second-order valence-electron chi connectivity index (χ2n) is 27.0. The van der Waals surface area contributed by atoms with Crippen molar-refractivity contribution in [3.8, 4) is 16.9 Å². The van der Waals surface area contributed by atoms with Gasteiger partial charge in [-0.15, -0.1) is 0 Å². The van der Waals surface area contributed by atoms with Crippen LogP contribution in [0.3, 0.4) is 0 Å². The number of nitrogens with zero attached hydrogens (tertiary/aromatic N) is 7. The normalized spacial score (nSPS) is 25.6. The number of likely N-dealkylation sites (N-methyl/N-ethyl adjacent to an activating group) is 1. The molecule has 3 aliphatic heterocycles. The predicted octanol–water partition coefficient (Wildman–Crippen LogP) is 6.20. The number of hydrogen-bond donors (Lipinski definition) is 8. The maximum atomic E-state index is 13.8. The molecule has 0 radical (unpaired) electrons. The largest absolute Gasteiger partial charge is 0.479 e. The summed E-state index contributed by atoms with van der Waals surface area (Å²) in [5.74, 6) is -4.78. The van der Waals surface area contributed by atoms with Gasteiger partial charge >= 0.3 is 18.0 Å². The SMILES string of the molecule is Cc1c(-c2ccc(N3CCc4cccc(C(=O)Nc5nc6ccccc6s5)c4C3)nc2C(=O)O)cnn1CC12CC3(C)CC(C)(C1)CC(OCCN(C)C(=O)OCc1ccc(O[C@@H]4O[C@H](C(=O)O)[C@H](O)[C@H](O)[C@@H]4O)c(NC(=O)CCNC(=O)CCCN4C(=O)C=CC4=O)c1)(C3)C2. The van der Waals surface area contributed by atoms with Crippen LogP contribution >= 0.6 is 11.3 Å². The Morgan fingerprint density at radius 3 is 2.32 bits per heavy atom. The number of pyridine rings is 1. The van der Waals surface area contributed by atoms with E-state index in [4.69, 9.17) is 29.0 Å². The number of para-hydroxylation sites is 1. The molecule has 506 valence electrons. The number of anilines is 3. The summed E-state index contributed by atoms with van der Waals surface area (Å²) in [6, 6.07) is 21.2. The first-order valence-corrected chi connectivity index (χ1v) is 32.7. The molecule has 4 bridgehead atoms. The van der Waals surface area contributed by atoms with Crippen LogP contribution in [-0.2, 0) is 64.3 Å². The lowest BCUT2D eigenvalue weighted by molar-refractivity contribution is -0.271. The molecule has 3 aromatic heterocycles. The number of fused-ring (bicyclic) bond motifs is 2. The molecule has 4 aliphatic carbocycles. The average Bonchev–Trinajstić information content (AvgIpc) is 0.710. The molecule has 6 aromatic rings. The lowest BCUT2D eigenvalue weighted by atomic mass is 9.39. The van der Waals surface area contributed by atoms with E-state index in [-0.39, 0.29) is 91.4 Å². The number of rotatable bonds is 24. The molecule has 8 N–H and O–H groups in total. The van der Waals surface area contributed by atoms with E-state index in [1.807, 2.05) is 59.0 Å². The highest BCUT2D eigenvalue weighted by molar-refractivity contribution is 7.22. The number of nitrogens with one attached hydrogen (secondary N) is 3. The number of carbonyl (C=O) groups is 8. The zero-order valence-electron chi connectivity index (χ0n) is 53.4. The van der Waals surface area contributed by atoms with Crippen LogP contribution in [0.15, 0.2) is 91.1 Å². The molecule has 7 atom stereocenters. The average molecular weight is 1340 g/mol. The van der Waals surface area contributed by atoms with Gasteiger partial charge in [0, 0.05) is 93.7 Å². The second-order valence-corrected chi connectivity index (χ2v) is 28.0. The van der Waals surface area contributed by atoms with E-state index in [1.54, 1.807) is 25.4 Å². The summed E-state index contributed by atoms with van der Waals surface area (Å²) in [4.78, 5) is 116. The van der Waals surface area contributed by atoms with Crippen LogP contribution in [0.4, 0.5) is 21.4 Å². The van der Waals surface area contributed by atoms with E-state index < -0.39 is 78.0 Å². The Kier molecular flexibility index (Phi) is 18.6. The number of amides is 6. The fraction of sp³-hybridized carbons (Fsp3) is 0.456.